The van der Waals surface area contributed by atoms with Gasteiger partial charge in [-0.25, -0.2) is 4.79 Å². The molecule has 136 valence electrons. The molecule has 0 radical (unpaired) electrons. The molecule has 0 aromatic rings. The van der Waals surface area contributed by atoms with Crippen LogP contribution in [0.4, 0.5) is 4.79 Å². The summed E-state index contributed by atoms with van der Waals surface area (Å²) in [5.74, 6) is -0.202. The number of hydrogen-bond donors (Lipinski definition) is 3. The smallest absolute Gasteiger partial charge is 0.449 e. The van der Waals surface area contributed by atoms with Gasteiger partial charge in [-0.3, -0.25) is 15.1 Å². The molecule has 4 atom stereocenters. The predicted octanol–water partition coefficient (Wildman–Crippen LogP) is 1.52. The lowest BCUT2D eigenvalue weighted by molar-refractivity contribution is -0.160. The Morgan fingerprint density at radius 3 is 2.68 bits per heavy atom. The number of allylic oxidation sites excluding steroid dienone is 1. The van der Waals surface area contributed by atoms with Gasteiger partial charge >= 0.3 is 6.16 Å². The van der Waals surface area contributed by atoms with Gasteiger partial charge in [0.2, 0.25) is 11.8 Å². The minimum absolute atomic E-state index is 0.0591. The molecule has 8 heteroatoms. The number of carbonyl (C=O) groups is 2. The first kappa shape index (κ1) is 17.5. The zero-order valence-electron chi connectivity index (χ0n) is 14.5. The first-order valence-electron chi connectivity index (χ1n) is 8.36. The van der Waals surface area contributed by atoms with E-state index in [2.05, 4.69) is 0 Å². The molecule has 0 unspecified atom stereocenters. The monoisotopic (exact) mass is 349 g/mol. The van der Waals surface area contributed by atoms with Gasteiger partial charge in [0.05, 0.1) is 23.9 Å². The van der Waals surface area contributed by atoms with Crippen LogP contribution in [0.2, 0.25) is 0 Å². The van der Waals surface area contributed by atoms with Crippen LogP contribution in [-0.2, 0) is 9.53 Å². The number of aliphatic hydroxyl groups excluding tert-OH is 1. The van der Waals surface area contributed by atoms with Crippen molar-refractivity contribution in [3.05, 3.63) is 23.1 Å². The van der Waals surface area contributed by atoms with Crippen molar-refractivity contribution in [1.29, 1.82) is 5.41 Å². The lowest BCUT2D eigenvalue weighted by Gasteiger charge is -2.44. The third-order valence-electron chi connectivity index (χ3n) is 5.38. The molecule has 3 aliphatic rings. The van der Waals surface area contributed by atoms with Crippen LogP contribution in [0.3, 0.4) is 0 Å². The Hall–Kier alpha value is -2.35. The van der Waals surface area contributed by atoms with E-state index < -0.39 is 18.2 Å². The Bertz CT molecular complexity index is 696. The van der Waals surface area contributed by atoms with Crippen LogP contribution in [0.25, 0.3) is 0 Å². The van der Waals surface area contributed by atoms with Crippen molar-refractivity contribution in [1.82, 2.24) is 9.80 Å². The van der Waals surface area contributed by atoms with E-state index in [9.17, 15) is 14.7 Å². The predicted molar refractivity (Wildman–Crippen MR) is 88.8 cm³/mol. The van der Waals surface area contributed by atoms with Gasteiger partial charge < -0.3 is 19.8 Å². The van der Waals surface area contributed by atoms with Gasteiger partial charge in [-0.05, 0) is 32.3 Å². The second-order valence-electron chi connectivity index (χ2n) is 6.91. The molecule has 0 saturated carbocycles. The zero-order chi connectivity index (χ0) is 18.5. The number of rotatable bonds is 4. The molecule has 0 aromatic heterocycles. The fourth-order valence-corrected chi connectivity index (χ4v) is 3.97. The van der Waals surface area contributed by atoms with Gasteiger partial charge in [0.15, 0.2) is 0 Å². The molecular weight excluding hydrogens is 326 g/mol. The molecule has 0 spiro atoms. The van der Waals surface area contributed by atoms with Gasteiger partial charge in [-0.2, -0.15) is 0 Å². The number of hydrogen-bond acceptors (Lipinski definition) is 5. The standard InChI is InChI=1S/C17H23N3O5/c1-8(6-10-4-5-13(18)19(10)3)11-7-12-14(9(2)21)15(22)20(12)16(11)25-17(23)24/h6,9-10,12,14,18,21H,4-5,7H2,1-3H3,(H,23,24)/t9-,10+,12-,14-/m1/s1. The maximum Gasteiger partial charge on any atom is 0.512 e. The highest BCUT2D eigenvalue weighted by Gasteiger charge is 2.56. The average molecular weight is 349 g/mol. The summed E-state index contributed by atoms with van der Waals surface area (Å²) in [5, 5.41) is 26.7. The molecule has 2 saturated heterocycles. The van der Waals surface area contributed by atoms with Crippen LogP contribution >= 0.6 is 0 Å². The maximum atomic E-state index is 12.3. The minimum atomic E-state index is -1.46. The first-order chi connectivity index (χ1) is 11.7. The molecule has 0 aromatic carbocycles. The summed E-state index contributed by atoms with van der Waals surface area (Å²) in [6.45, 7) is 3.43. The Morgan fingerprint density at radius 2 is 2.16 bits per heavy atom. The fourth-order valence-electron chi connectivity index (χ4n) is 3.97. The molecule has 8 nitrogen and oxygen atoms in total. The number of carboxylic acid groups (broad SMARTS) is 1. The lowest BCUT2D eigenvalue weighted by atomic mass is 9.82. The summed E-state index contributed by atoms with van der Waals surface area (Å²) in [7, 11) is 1.86. The van der Waals surface area contributed by atoms with Crippen LogP contribution < -0.4 is 0 Å². The Labute approximate surface area is 145 Å². The number of fused-ring (bicyclic) bond motifs is 1. The SMILES string of the molecule is CC(=C[C@@H]1CCC(=N)N1C)C1=C(OC(=O)O)N2C(=O)[C@H]([C@@H](C)O)[C@H]2C1. The van der Waals surface area contributed by atoms with Gasteiger partial charge in [-0.1, -0.05) is 6.08 Å². The van der Waals surface area contributed by atoms with E-state index >= 15 is 0 Å². The highest BCUT2D eigenvalue weighted by molar-refractivity contribution is 5.90. The lowest BCUT2D eigenvalue weighted by Crippen LogP contribution is -2.61. The third kappa shape index (κ3) is 2.80. The number of carbonyl (C=O) groups excluding carboxylic acids is 1. The van der Waals surface area contributed by atoms with Crippen molar-refractivity contribution in [2.24, 2.45) is 5.92 Å². The van der Waals surface area contributed by atoms with Crippen molar-refractivity contribution >= 4 is 17.9 Å². The number of β-lactam (4-membered cyclic amide) rings is 1. The van der Waals surface area contributed by atoms with E-state index in [1.807, 2.05) is 24.9 Å². The number of aliphatic hydroxyl groups is 1. The fraction of sp³-hybridized carbons (Fsp3) is 0.588. The zero-order valence-corrected chi connectivity index (χ0v) is 14.5. The summed E-state index contributed by atoms with van der Waals surface area (Å²) in [4.78, 5) is 26.6. The van der Waals surface area contributed by atoms with Crippen LogP contribution in [0.1, 0.15) is 33.1 Å². The third-order valence-corrected chi connectivity index (χ3v) is 5.38. The second-order valence-corrected chi connectivity index (χ2v) is 6.91. The molecule has 3 N–H and O–H groups in total. The molecule has 0 bridgehead atoms. The quantitative estimate of drug-likeness (QED) is 0.524. The Kier molecular flexibility index (Phi) is 4.32. The molecule has 3 heterocycles. The number of amidine groups is 1. The van der Waals surface area contributed by atoms with Crippen molar-refractivity contribution in [2.45, 2.75) is 51.3 Å². The minimum Gasteiger partial charge on any atom is -0.449 e. The number of likely N-dealkylation sites (tertiary alicyclic amines) is 1. The largest absolute Gasteiger partial charge is 0.512 e. The highest BCUT2D eigenvalue weighted by atomic mass is 16.7. The summed E-state index contributed by atoms with van der Waals surface area (Å²) < 4.78 is 4.91. The topological polar surface area (TPSA) is 114 Å². The van der Waals surface area contributed by atoms with Crippen LogP contribution in [0, 0.1) is 11.3 Å². The van der Waals surface area contributed by atoms with Crippen molar-refractivity contribution in [3.63, 3.8) is 0 Å². The Morgan fingerprint density at radius 1 is 1.48 bits per heavy atom. The normalized spacial score (nSPS) is 30.6. The van der Waals surface area contributed by atoms with Gasteiger partial charge in [0.1, 0.15) is 0 Å². The van der Waals surface area contributed by atoms with E-state index in [1.54, 1.807) is 6.92 Å². The Balaban J connectivity index is 1.90. The molecular formula is C17H23N3O5. The molecule has 2 fully saturated rings. The van der Waals surface area contributed by atoms with Gasteiger partial charge in [0, 0.05) is 25.1 Å². The van der Waals surface area contributed by atoms with Gasteiger partial charge in [-0.15, -0.1) is 0 Å². The number of nitrogens with one attached hydrogen (secondary N) is 1. The van der Waals surface area contributed by atoms with E-state index in [1.165, 1.54) is 4.90 Å². The van der Waals surface area contributed by atoms with Crippen LogP contribution in [0.15, 0.2) is 23.1 Å². The number of amides is 1. The number of likely N-dealkylation sites (N-methyl/N-ethyl adjacent to an activating group) is 1. The summed E-state index contributed by atoms with van der Waals surface area (Å²) in [5.41, 5.74) is 1.52. The first-order valence-corrected chi connectivity index (χ1v) is 8.36. The maximum absolute atomic E-state index is 12.3. The second kappa shape index (κ2) is 6.18. The molecule has 1 amide bonds. The average Bonchev–Trinajstić information content (AvgIpc) is 2.98. The van der Waals surface area contributed by atoms with E-state index in [-0.39, 0.29) is 23.9 Å². The van der Waals surface area contributed by atoms with Crippen LogP contribution in [-0.4, -0.2) is 63.1 Å². The van der Waals surface area contributed by atoms with E-state index in [0.29, 0.717) is 24.3 Å². The summed E-state index contributed by atoms with van der Waals surface area (Å²) in [6.07, 6.45) is 1.74. The molecule has 0 aliphatic carbocycles. The molecule has 25 heavy (non-hydrogen) atoms. The van der Waals surface area contributed by atoms with Crippen molar-refractivity contribution in [3.8, 4) is 0 Å². The van der Waals surface area contributed by atoms with Crippen LogP contribution in [0.5, 0.6) is 0 Å². The van der Waals surface area contributed by atoms with E-state index in [0.717, 1.165) is 12.0 Å². The highest BCUT2D eigenvalue weighted by Crippen LogP contribution is 2.46. The molecule has 3 rings (SSSR count). The number of nitrogens with zero attached hydrogens (tertiary/aromatic N) is 2. The molecule has 3 aliphatic heterocycles. The van der Waals surface area contributed by atoms with Gasteiger partial charge in [0.25, 0.3) is 0 Å². The summed E-state index contributed by atoms with van der Waals surface area (Å²) >= 11 is 0. The van der Waals surface area contributed by atoms with Crippen molar-refractivity contribution in [2.75, 3.05) is 7.05 Å². The van der Waals surface area contributed by atoms with E-state index in [4.69, 9.17) is 15.3 Å². The summed E-state index contributed by atoms with van der Waals surface area (Å²) in [6, 6.07) is -0.192. The number of ether oxygens (including phenoxy) is 1. The van der Waals surface area contributed by atoms with Crippen molar-refractivity contribution < 1.29 is 24.5 Å².